The lowest BCUT2D eigenvalue weighted by Gasteiger charge is -2.25. The average molecular weight is 245 g/mol. The monoisotopic (exact) mass is 244 g/mol. The molecule has 4 nitrogen and oxygen atoms in total. The fourth-order valence-corrected chi connectivity index (χ4v) is 1.81. The topological polar surface area (TPSA) is 53.5 Å². The molecule has 1 aromatic rings. The minimum atomic E-state index is 0. The van der Waals surface area contributed by atoms with Crippen molar-refractivity contribution in [3.8, 4) is 11.5 Å². The van der Waals surface area contributed by atoms with Gasteiger partial charge in [0.2, 0.25) is 0 Å². The molecule has 0 bridgehead atoms. The smallest absolute Gasteiger partial charge is 0.160 e. The zero-order chi connectivity index (χ0) is 10.7. The Morgan fingerprint density at radius 3 is 2.75 bits per heavy atom. The zero-order valence-electron chi connectivity index (χ0n) is 9.19. The number of piperazine rings is 1. The minimum absolute atomic E-state index is 0. The van der Waals surface area contributed by atoms with Crippen molar-refractivity contribution in [1.29, 1.82) is 0 Å². The van der Waals surface area contributed by atoms with E-state index in [1.54, 1.807) is 19.2 Å². The zero-order valence-corrected chi connectivity index (χ0v) is 10.0. The number of phenolic OH excluding ortho intramolecular Hbond substituents is 1. The predicted molar refractivity (Wildman–Crippen MR) is 65.5 cm³/mol. The summed E-state index contributed by atoms with van der Waals surface area (Å²) < 4.78 is 5.00. The summed E-state index contributed by atoms with van der Waals surface area (Å²) in [4.78, 5) is 0. The van der Waals surface area contributed by atoms with Crippen molar-refractivity contribution in [2.75, 3.05) is 26.7 Å². The summed E-state index contributed by atoms with van der Waals surface area (Å²) in [6.07, 6.45) is 0. The van der Waals surface area contributed by atoms with Crippen molar-refractivity contribution in [1.82, 2.24) is 10.6 Å². The Labute approximate surface area is 101 Å². The first-order valence-corrected chi connectivity index (χ1v) is 5.12. The van der Waals surface area contributed by atoms with Crippen molar-refractivity contribution in [2.24, 2.45) is 0 Å². The first-order valence-electron chi connectivity index (χ1n) is 5.12. The summed E-state index contributed by atoms with van der Waals surface area (Å²) in [6, 6.07) is 5.80. The van der Waals surface area contributed by atoms with E-state index in [9.17, 15) is 5.11 Å². The first kappa shape index (κ1) is 13.1. The molecule has 0 unspecified atom stereocenters. The van der Waals surface area contributed by atoms with Crippen LogP contribution in [0.3, 0.4) is 0 Å². The summed E-state index contributed by atoms with van der Waals surface area (Å²) in [5.74, 6) is 0.713. The number of hydrogen-bond donors (Lipinski definition) is 3. The Balaban J connectivity index is 0.00000128. The molecule has 5 heteroatoms. The molecule has 90 valence electrons. The molecule has 0 amide bonds. The van der Waals surface area contributed by atoms with Crippen LogP contribution < -0.4 is 15.4 Å². The second-order valence-corrected chi connectivity index (χ2v) is 3.64. The minimum Gasteiger partial charge on any atom is -0.504 e. The van der Waals surface area contributed by atoms with Gasteiger partial charge in [-0.25, -0.2) is 0 Å². The first-order chi connectivity index (χ1) is 7.31. The third kappa shape index (κ3) is 2.78. The molecular weight excluding hydrogens is 228 g/mol. The third-order valence-electron chi connectivity index (χ3n) is 2.65. The number of hydrogen-bond acceptors (Lipinski definition) is 4. The van der Waals surface area contributed by atoms with Crippen molar-refractivity contribution in [3.05, 3.63) is 23.8 Å². The van der Waals surface area contributed by atoms with Crippen LogP contribution >= 0.6 is 12.4 Å². The van der Waals surface area contributed by atoms with E-state index in [0.717, 1.165) is 25.2 Å². The molecular formula is C11H17ClN2O2. The van der Waals surface area contributed by atoms with Gasteiger partial charge in [-0.15, -0.1) is 12.4 Å². The molecule has 1 saturated heterocycles. The van der Waals surface area contributed by atoms with Crippen LogP contribution in [0.25, 0.3) is 0 Å². The van der Waals surface area contributed by atoms with Gasteiger partial charge in [0.25, 0.3) is 0 Å². The molecule has 1 aliphatic rings. The molecule has 3 N–H and O–H groups in total. The van der Waals surface area contributed by atoms with Gasteiger partial charge in [-0.05, 0) is 17.7 Å². The van der Waals surface area contributed by atoms with Gasteiger partial charge in [-0.2, -0.15) is 0 Å². The SMILES string of the molecule is COc1ccc([C@@H]2CNCCN2)cc1O.Cl. The van der Waals surface area contributed by atoms with Crippen LogP contribution in [0.4, 0.5) is 0 Å². The van der Waals surface area contributed by atoms with Crippen LogP contribution in [0.2, 0.25) is 0 Å². The van der Waals surface area contributed by atoms with E-state index in [4.69, 9.17) is 4.74 Å². The average Bonchev–Trinajstić information content (AvgIpc) is 2.30. The number of phenols is 1. The normalized spacial score (nSPS) is 19.9. The molecule has 0 aromatic heterocycles. The van der Waals surface area contributed by atoms with Crippen LogP contribution in [0.5, 0.6) is 11.5 Å². The second kappa shape index (κ2) is 5.94. The second-order valence-electron chi connectivity index (χ2n) is 3.64. The summed E-state index contributed by atoms with van der Waals surface area (Å²) in [5.41, 5.74) is 1.08. The Hall–Kier alpha value is -0.970. The van der Waals surface area contributed by atoms with E-state index in [2.05, 4.69) is 10.6 Å². The number of ether oxygens (including phenoxy) is 1. The van der Waals surface area contributed by atoms with Crippen molar-refractivity contribution < 1.29 is 9.84 Å². The summed E-state index contributed by atoms with van der Waals surface area (Å²) in [7, 11) is 1.55. The molecule has 2 rings (SSSR count). The summed E-state index contributed by atoms with van der Waals surface area (Å²) in [6.45, 7) is 2.85. The fraction of sp³-hybridized carbons (Fsp3) is 0.455. The van der Waals surface area contributed by atoms with Crippen molar-refractivity contribution in [3.63, 3.8) is 0 Å². The van der Waals surface area contributed by atoms with Gasteiger partial charge >= 0.3 is 0 Å². The lowest BCUT2D eigenvalue weighted by atomic mass is 10.0. The Bertz CT molecular complexity index is 341. The van der Waals surface area contributed by atoms with Gasteiger partial charge < -0.3 is 20.5 Å². The molecule has 1 aliphatic heterocycles. The van der Waals surface area contributed by atoms with Crippen LogP contribution in [0, 0.1) is 0 Å². The van der Waals surface area contributed by atoms with E-state index in [1.165, 1.54) is 0 Å². The fourth-order valence-electron chi connectivity index (χ4n) is 1.81. The van der Waals surface area contributed by atoms with E-state index in [-0.39, 0.29) is 24.2 Å². The Kier molecular flexibility index (Phi) is 4.86. The van der Waals surface area contributed by atoms with E-state index >= 15 is 0 Å². The van der Waals surface area contributed by atoms with E-state index in [1.807, 2.05) is 6.07 Å². The predicted octanol–water partition coefficient (Wildman–Crippen LogP) is 1.06. The van der Waals surface area contributed by atoms with Gasteiger partial charge in [-0.1, -0.05) is 6.07 Å². The maximum atomic E-state index is 9.65. The third-order valence-corrected chi connectivity index (χ3v) is 2.65. The number of halogens is 1. The number of benzene rings is 1. The molecule has 1 heterocycles. The highest BCUT2D eigenvalue weighted by Gasteiger charge is 2.15. The van der Waals surface area contributed by atoms with Crippen molar-refractivity contribution in [2.45, 2.75) is 6.04 Å². The maximum Gasteiger partial charge on any atom is 0.160 e. The van der Waals surface area contributed by atoms with Crippen molar-refractivity contribution >= 4 is 12.4 Å². The van der Waals surface area contributed by atoms with Gasteiger partial charge in [0.05, 0.1) is 7.11 Å². The molecule has 1 atom stereocenters. The molecule has 1 fully saturated rings. The van der Waals surface area contributed by atoms with Gasteiger partial charge in [-0.3, -0.25) is 0 Å². The van der Waals surface area contributed by atoms with Crippen LogP contribution in [-0.2, 0) is 0 Å². The van der Waals surface area contributed by atoms with Gasteiger partial charge in [0.15, 0.2) is 11.5 Å². The van der Waals surface area contributed by atoms with Crippen LogP contribution in [0.15, 0.2) is 18.2 Å². The van der Waals surface area contributed by atoms with Crippen LogP contribution in [0.1, 0.15) is 11.6 Å². The van der Waals surface area contributed by atoms with E-state index in [0.29, 0.717) is 5.75 Å². The summed E-state index contributed by atoms with van der Waals surface area (Å²) >= 11 is 0. The maximum absolute atomic E-state index is 9.65. The van der Waals surface area contributed by atoms with Gasteiger partial charge in [0, 0.05) is 25.7 Å². The number of methoxy groups -OCH3 is 1. The molecule has 0 aliphatic carbocycles. The number of aromatic hydroxyl groups is 1. The van der Waals surface area contributed by atoms with E-state index < -0.39 is 0 Å². The molecule has 0 spiro atoms. The van der Waals surface area contributed by atoms with Gasteiger partial charge in [0.1, 0.15) is 0 Å². The lowest BCUT2D eigenvalue weighted by Crippen LogP contribution is -2.42. The largest absolute Gasteiger partial charge is 0.504 e. The highest BCUT2D eigenvalue weighted by molar-refractivity contribution is 5.85. The quantitative estimate of drug-likeness (QED) is 0.728. The number of rotatable bonds is 2. The van der Waals surface area contributed by atoms with Crippen LogP contribution in [-0.4, -0.2) is 31.9 Å². The lowest BCUT2D eigenvalue weighted by molar-refractivity contribution is 0.371. The standard InChI is InChI=1S/C11H16N2O2.ClH/c1-15-11-3-2-8(6-10(11)14)9-7-12-4-5-13-9;/h2-3,6,9,12-14H,4-5,7H2,1H3;1H/t9-;/m0./s1. The Morgan fingerprint density at radius 1 is 1.38 bits per heavy atom. The molecule has 16 heavy (non-hydrogen) atoms. The molecule has 0 radical (unpaired) electrons. The molecule has 1 aromatic carbocycles. The Morgan fingerprint density at radius 2 is 2.19 bits per heavy atom. The highest BCUT2D eigenvalue weighted by Crippen LogP contribution is 2.28. The molecule has 0 saturated carbocycles. The summed E-state index contributed by atoms with van der Waals surface area (Å²) in [5, 5.41) is 16.3. The number of nitrogens with one attached hydrogen (secondary N) is 2. The highest BCUT2D eigenvalue weighted by atomic mass is 35.5.